The van der Waals surface area contributed by atoms with E-state index >= 15 is 0 Å². The normalized spacial score (nSPS) is 19.0. The Bertz CT molecular complexity index is 1710. The molecule has 1 aliphatic carbocycles. The van der Waals surface area contributed by atoms with Gasteiger partial charge in [0.1, 0.15) is 29.6 Å². The number of nitrogens with zero attached hydrogens (tertiary/aromatic N) is 5. The summed E-state index contributed by atoms with van der Waals surface area (Å²) in [6.45, 7) is 1.15. The molecule has 0 saturated heterocycles. The Balaban J connectivity index is 1.35. The summed E-state index contributed by atoms with van der Waals surface area (Å²) >= 11 is 6.44. The van der Waals surface area contributed by atoms with Crippen LogP contribution in [0, 0.1) is 11.7 Å². The van der Waals surface area contributed by atoms with E-state index in [1.807, 2.05) is 0 Å². The summed E-state index contributed by atoms with van der Waals surface area (Å²) in [6.07, 6.45) is 5.51. The van der Waals surface area contributed by atoms with E-state index in [1.165, 1.54) is 40.8 Å². The van der Waals surface area contributed by atoms with E-state index < -0.39 is 42.3 Å². The fourth-order valence-corrected chi connectivity index (χ4v) is 5.58. The predicted molar refractivity (Wildman–Crippen MR) is 159 cm³/mol. The Morgan fingerprint density at radius 3 is 2.66 bits per heavy atom. The van der Waals surface area contributed by atoms with Crippen LogP contribution in [-0.2, 0) is 4.79 Å². The maximum absolute atomic E-state index is 14.0. The van der Waals surface area contributed by atoms with E-state index in [1.54, 1.807) is 25.3 Å². The first-order chi connectivity index (χ1) is 21.1. The van der Waals surface area contributed by atoms with Crippen LogP contribution in [0.25, 0.3) is 16.8 Å². The van der Waals surface area contributed by atoms with Gasteiger partial charge in [0.05, 0.1) is 48.6 Å². The second-order valence-corrected chi connectivity index (χ2v) is 11.2. The first kappa shape index (κ1) is 31.3. The van der Waals surface area contributed by atoms with E-state index in [0.29, 0.717) is 48.5 Å². The number of rotatable bonds is 11. The van der Waals surface area contributed by atoms with Crippen LogP contribution in [-0.4, -0.2) is 71.4 Å². The molecule has 0 aliphatic heterocycles. The van der Waals surface area contributed by atoms with Crippen molar-refractivity contribution < 1.29 is 29.2 Å². The lowest BCUT2D eigenvalue weighted by molar-refractivity contribution is -0.142. The highest BCUT2D eigenvalue weighted by atomic mass is 35.5. The molecule has 3 aromatic heterocycles. The molecule has 1 saturated carbocycles. The van der Waals surface area contributed by atoms with Gasteiger partial charge < -0.3 is 25.4 Å². The van der Waals surface area contributed by atoms with E-state index in [2.05, 4.69) is 25.7 Å². The van der Waals surface area contributed by atoms with E-state index in [-0.39, 0.29) is 28.2 Å². The molecule has 1 aliphatic rings. The number of fused-ring (bicyclic) bond motifs is 1. The minimum absolute atomic E-state index is 0.0245. The average molecular weight is 630 g/mol. The zero-order valence-electron chi connectivity index (χ0n) is 24.0. The molecule has 0 radical (unpaired) electrons. The molecular weight excluding hydrogens is 597 g/mol. The van der Waals surface area contributed by atoms with Crippen LogP contribution in [0.2, 0.25) is 5.02 Å². The number of carboxylic acids is 1. The lowest BCUT2D eigenvalue weighted by atomic mass is 9.86. The SMILES string of the molecule is COc1cc(F)cc([C@@H](CO)NC(O)C(C)n2cnn3cc(-c4nc(NC5CCC(C(=O)O)CC5)ncc4Cl)cc3c2=O)c1. The second-order valence-electron chi connectivity index (χ2n) is 10.8. The van der Waals surface area contributed by atoms with Crippen molar-refractivity contribution in [2.45, 2.75) is 57.0 Å². The van der Waals surface area contributed by atoms with Gasteiger partial charge in [-0.15, -0.1) is 0 Å². The van der Waals surface area contributed by atoms with Crippen LogP contribution >= 0.6 is 11.6 Å². The molecule has 3 atom stereocenters. The fourth-order valence-electron chi connectivity index (χ4n) is 5.38. The summed E-state index contributed by atoms with van der Waals surface area (Å²) in [7, 11) is 1.39. The Labute approximate surface area is 256 Å². The number of aliphatic hydroxyl groups is 2. The van der Waals surface area contributed by atoms with Gasteiger partial charge in [0.25, 0.3) is 5.56 Å². The molecule has 15 heteroatoms. The summed E-state index contributed by atoms with van der Waals surface area (Å²) in [5.41, 5.74) is 1.00. The summed E-state index contributed by atoms with van der Waals surface area (Å²) in [5.74, 6) is -1.09. The predicted octanol–water partition coefficient (Wildman–Crippen LogP) is 3.01. The number of benzene rings is 1. The van der Waals surface area contributed by atoms with Crippen LogP contribution in [0.4, 0.5) is 10.3 Å². The van der Waals surface area contributed by atoms with E-state index in [9.17, 15) is 29.3 Å². The first-order valence-corrected chi connectivity index (χ1v) is 14.5. The minimum atomic E-state index is -1.33. The molecule has 5 N–H and O–H groups in total. The van der Waals surface area contributed by atoms with Crippen molar-refractivity contribution in [3.8, 4) is 17.0 Å². The number of hydrogen-bond donors (Lipinski definition) is 5. The largest absolute Gasteiger partial charge is 0.497 e. The first-order valence-electron chi connectivity index (χ1n) is 14.1. The number of anilines is 1. The highest BCUT2D eigenvalue weighted by Crippen LogP contribution is 2.30. The Kier molecular flexibility index (Phi) is 9.44. The number of methoxy groups -OCH3 is 1. The van der Waals surface area contributed by atoms with Crippen LogP contribution in [0.3, 0.4) is 0 Å². The molecule has 13 nitrogen and oxygen atoms in total. The van der Waals surface area contributed by atoms with Crippen molar-refractivity contribution in [3.05, 3.63) is 69.7 Å². The molecular formula is C29H33ClFN7O6. The Morgan fingerprint density at radius 2 is 1.98 bits per heavy atom. The van der Waals surface area contributed by atoms with Gasteiger partial charge in [-0.05, 0) is 56.4 Å². The zero-order valence-corrected chi connectivity index (χ0v) is 24.8. The van der Waals surface area contributed by atoms with E-state index in [0.717, 1.165) is 0 Å². The van der Waals surface area contributed by atoms with Crippen molar-refractivity contribution in [1.82, 2.24) is 29.5 Å². The lowest BCUT2D eigenvalue weighted by Gasteiger charge is -2.26. The second kappa shape index (κ2) is 13.3. The molecule has 1 fully saturated rings. The topological polar surface area (TPSA) is 176 Å². The fraction of sp³-hybridized carbons (Fsp3) is 0.414. The van der Waals surface area contributed by atoms with Gasteiger partial charge in [0.2, 0.25) is 5.95 Å². The van der Waals surface area contributed by atoms with Crippen molar-refractivity contribution >= 4 is 29.0 Å². The minimum Gasteiger partial charge on any atom is -0.497 e. The van der Waals surface area contributed by atoms with Gasteiger partial charge in [-0.3, -0.25) is 19.5 Å². The monoisotopic (exact) mass is 629 g/mol. The van der Waals surface area contributed by atoms with Crippen molar-refractivity contribution in [2.75, 3.05) is 19.0 Å². The van der Waals surface area contributed by atoms with Gasteiger partial charge in [-0.1, -0.05) is 11.6 Å². The summed E-state index contributed by atoms with van der Waals surface area (Å²) in [5, 5.41) is 40.8. The number of aliphatic hydroxyl groups excluding tert-OH is 2. The summed E-state index contributed by atoms with van der Waals surface area (Å²) in [4.78, 5) is 33.6. The van der Waals surface area contributed by atoms with Gasteiger partial charge in [0.15, 0.2) is 0 Å². The molecule has 1 aromatic carbocycles. The lowest BCUT2D eigenvalue weighted by Crippen LogP contribution is -2.42. The Morgan fingerprint density at radius 1 is 1.23 bits per heavy atom. The maximum Gasteiger partial charge on any atom is 0.306 e. The summed E-state index contributed by atoms with van der Waals surface area (Å²) in [6, 6.07) is 3.89. The molecule has 0 spiro atoms. The van der Waals surface area contributed by atoms with Gasteiger partial charge in [-0.2, -0.15) is 5.10 Å². The van der Waals surface area contributed by atoms with Crippen LogP contribution in [0.5, 0.6) is 5.75 Å². The number of carbonyl (C=O) groups is 1. The molecule has 44 heavy (non-hydrogen) atoms. The maximum atomic E-state index is 14.0. The number of nitrogens with one attached hydrogen (secondary N) is 2. The smallest absolute Gasteiger partial charge is 0.306 e. The number of halogens is 2. The third kappa shape index (κ3) is 6.68. The van der Waals surface area contributed by atoms with Crippen LogP contribution in [0.15, 0.2) is 47.8 Å². The van der Waals surface area contributed by atoms with Crippen molar-refractivity contribution in [1.29, 1.82) is 0 Å². The highest BCUT2D eigenvalue weighted by Gasteiger charge is 2.27. The number of carboxylic acid groups (broad SMARTS) is 1. The molecule has 0 bridgehead atoms. The number of aliphatic carboxylic acids is 1. The molecule has 5 rings (SSSR count). The van der Waals surface area contributed by atoms with Gasteiger partial charge in [-0.25, -0.2) is 18.9 Å². The van der Waals surface area contributed by atoms with Crippen LogP contribution < -0.4 is 20.9 Å². The number of aromatic nitrogens is 5. The molecule has 3 heterocycles. The third-order valence-corrected chi connectivity index (χ3v) is 8.24. The zero-order chi connectivity index (χ0) is 31.5. The Hall–Kier alpha value is -4.11. The van der Waals surface area contributed by atoms with Gasteiger partial charge in [0, 0.05) is 23.9 Å². The number of ether oxygens (including phenoxy) is 1. The molecule has 0 amide bonds. The van der Waals surface area contributed by atoms with Crippen LogP contribution in [0.1, 0.15) is 50.3 Å². The molecule has 4 aromatic rings. The van der Waals surface area contributed by atoms with Gasteiger partial charge >= 0.3 is 5.97 Å². The number of hydrogen-bond acceptors (Lipinski definition) is 10. The quantitative estimate of drug-likeness (QED) is 0.154. The standard InChI is InChI=1S/C29H33ClFN7O6/c1-15(26(40)35-23(13-39)17-7-19(31)10-21(8-17)44-2)37-14-33-38-12-18(9-24(38)27(37)41)25-22(30)11-32-29(36-25)34-20-5-3-16(4-6-20)28(42)43/h7-12,14-16,20,23,26,35,39-40H,3-6,13H2,1-2H3,(H,42,43)(H,32,34,36)/t15?,16?,20?,23-,26?/m1/s1. The van der Waals surface area contributed by atoms with Crippen molar-refractivity contribution in [2.24, 2.45) is 5.92 Å². The van der Waals surface area contributed by atoms with Crippen molar-refractivity contribution in [3.63, 3.8) is 0 Å². The molecule has 234 valence electrons. The highest BCUT2D eigenvalue weighted by molar-refractivity contribution is 6.32. The molecule has 2 unspecified atom stereocenters. The summed E-state index contributed by atoms with van der Waals surface area (Å²) < 4.78 is 21.8. The average Bonchev–Trinajstić information content (AvgIpc) is 3.45. The third-order valence-electron chi connectivity index (χ3n) is 7.96. The van der Waals surface area contributed by atoms with E-state index in [4.69, 9.17) is 16.3 Å².